The Morgan fingerprint density at radius 3 is 1.95 bits per heavy atom. The van der Waals surface area contributed by atoms with E-state index in [1.54, 1.807) is 0 Å². The molecule has 0 amide bonds. The molecule has 12 rings (SSSR count). The molecule has 1 spiro atoms. The second kappa shape index (κ2) is 12.1. The first-order valence-corrected chi connectivity index (χ1v) is 19.7. The zero-order valence-electron chi connectivity index (χ0n) is 30.7. The third kappa shape index (κ3) is 4.64. The Kier molecular flexibility index (Phi) is 6.79. The van der Waals surface area contributed by atoms with Gasteiger partial charge in [0.15, 0.2) is 11.6 Å². The van der Waals surface area contributed by atoms with E-state index in [1.807, 2.05) is 18.2 Å². The van der Waals surface area contributed by atoms with Gasteiger partial charge in [0.25, 0.3) is 0 Å². The summed E-state index contributed by atoms with van der Waals surface area (Å²) in [6.07, 6.45) is 6.13. The van der Waals surface area contributed by atoms with E-state index in [4.69, 9.17) is 19.4 Å². The average Bonchev–Trinajstić information content (AvgIpc) is 3.89. The zero-order valence-corrected chi connectivity index (χ0v) is 30.7. The normalized spacial score (nSPS) is 14.6. The summed E-state index contributed by atoms with van der Waals surface area (Å²) in [7, 11) is 0. The largest absolute Gasteiger partial charge is 0.456 e. The van der Waals surface area contributed by atoms with Crippen LogP contribution in [-0.2, 0) is 5.41 Å². The van der Waals surface area contributed by atoms with Crippen molar-refractivity contribution in [2.45, 2.75) is 37.5 Å². The van der Waals surface area contributed by atoms with Crippen molar-refractivity contribution >= 4 is 43.7 Å². The van der Waals surface area contributed by atoms with Crippen LogP contribution in [-0.4, -0.2) is 19.5 Å². The number of hydrogen-bond acceptors (Lipinski definition) is 4. The van der Waals surface area contributed by atoms with Crippen LogP contribution in [0.4, 0.5) is 0 Å². The molecule has 266 valence electrons. The molecule has 0 saturated heterocycles. The lowest BCUT2D eigenvalue weighted by Gasteiger charge is -2.36. The highest BCUT2D eigenvalue weighted by molar-refractivity contribution is 6.11. The minimum Gasteiger partial charge on any atom is -0.456 e. The second-order valence-electron chi connectivity index (χ2n) is 15.5. The Balaban J connectivity index is 1.10. The predicted octanol–water partition coefficient (Wildman–Crippen LogP) is 13.1. The van der Waals surface area contributed by atoms with Gasteiger partial charge in [0.2, 0.25) is 5.95 Å². The van der Waals surface area contributed by atoms with Gasteiger partial charge in [-0.15, -0.1) is 0 Å². The minimum atomic E-state index is 0.0254. The van der Waals surface area contributed by atoms with Gasteiger partial charge < -0.3 is 4.42 Å². The van der Waals surface area contributed by atoms with Gasteiger partial charge in [0, 0.05) is 38.1 Å². The first kappa shape index (κ1) is 31.5. The highest BCUT2D eigenvalue weighted by Gasteiger charge is 2.44. The van der Waals surface area contributed by atoms with Gasteiger partial charge in [-0.05, 0) is 82.6 Å². The number of benzene rings is 7. The van der Waals surface area contributed by atoms with Crippen LogP contribution >= 0.6 is 0 Å². The predicted molar refractivity (Wildman–Crippen MR) is 227 cm³/mol. The van der Waals surface area contributed by atoms with E-state index in [-0.39, 0.29) is 5.41 Å². The van der Waals surface area contributed by atoms with Crippen LogP contribution in [0.15, 0.2) is 162 Å². The molecule has 1 saturated carbocycles. The Hall–Kier alpha value is -6.85. The molecule has 0 unspecified atom stereocenters. The van der Waals surface area contributed by atoms with Crippen molar-refractivity contribution in [2.75, 3.05) is 0 Å². The number of nitrogens with zero attached hydrogens (tertiary/aromatic N) is 4. The maximum absolute atomic E-state index is 6.35. The fourth-order valence-corrected chi connectivity index (χ4v) is 9.85. The molecule has 5 heteroatoms. The third-order valence-corrected chi connectivity index (χ3v) is 12.5. The summed E-state index contributed by atoms with van der Waals surface area (Å²) in [4.78, 5) is 15.8. The van der Waals surface area contributed by atoms with Crippen LogP contribution in [0.25, 0.3) is 94.7 Å². The van der Waals surface area contributed by atoms with E-state index in [9.17, 15) is 0 Å². The summed E-state index contributed by atoms with van der Waals surface area (Å²) in [5, 5.41) is 4.57. The van der Waals surface area contributed by atoms with Gasteiger partial charge >= 0.3 is 0 Å². The zero-order chi connectivity index (χ0) is 36.8. The highest BCUT2D eigenvalue weighted by Crippen LogP contribution is 2.57. The van der Waals surface area contributed by atoms with Crippen LogP contribution in [0.5, 0.6) is 0 Å². The smallest absolute Gasteiger partial charge is 0.238 e. The van der Waals surface area contributed by atoms with Gasteiger partial charge in [-0.25, -0.2) is 4.98 Å². The van der Waals surface area contributed by atoms with Crippen molar-refractivity contribution in [1.82, 2.24) is 19.5 Å². The van der Waals surface area contributed by atoms with Crippen LogP contribution in [0, 0.1) is 0 Å². The number of furan rings is 1. The highest BCUT2D eigenvalue weighted by atomic mass is 16.3. The molecule has 0 atom stereocenters. The fraction of sp³-hybridized carbons (Fsp3) is 0.118. The lowest BCUT2D eigenvalue weighted by molar-refractivity contribution is 0.353. The van der Waals surface area contributed by atoms with E-state index < -0.39 is 0 Å². The van der Waals surface area contributed by atoms with Crippen LogP contribution in [0.1, 0.15) is 43.2 Å². The van der Waals surface area contributed by atoms with E-state index in [1.165, 1.54) is 70.7 Å². The molecule has 5 nitrogen and oxygen atoms in total. The minimum absolute atomic E-state index is 0.0254. The van der Waals surface area contributed by atoms with Crippen molar-refractivity contribution in [3.05, 3.63) is 169 Å². The molecule has 1 fully saturated rings. The van der Waals surface area contributed by atoms with Crippen molar-refractivity contribution in [3.63, 3.8) is 0 Å². The molecule has 2 aliphatic rings. The monoisotopic (exact) mass is 720 g/mol. The Labute approximate surface area is 323 Å². The summed E-state index contributed by atoms with van der Waals surface area (Å²) >= 11 is 0. The lowest BCUT2D eigenvalue weighted by Crippen LogP contribution is -2.28. The Morgan fingerprint density at radius 2 is 1.09 bits per heavy atom. The molecule has 0 bridgehead atoms. The number of fused-ring (bicyclic) bond motifs is 11. The summed E-state index contributed by atoms with van der Waals surface area (Å²) in [5.41, 5.74) is 13.7. The van der Waals surface area contributed by atoms with E-state index in [2.05, 4.69) is 144 Å². The van der Waals surface area contributed by atoms with Crippen LogP contribution in [0.2, 0.25) is 0 Å². The van der Waals surface area contributed by atoms with Gasteiger partial charge in [0.1, 0.15) is 11.2 Å². The van der Waals surface area contributed by atoms with Gasteiger partial charge in [0.05, 0.1) is 11.0 Å². The molecule has 0 radical (unpaired) electrons. The van der Waals surface area contributed by atoms with Crippen molar-refractivity contribution < 1.29 is 4.42 Å². The molecule has 56 heavy (non-hydrogen) atoms. The fourth-order valence-electron chi connectivity index (χ4n) is 9.85. The van der Waals surface area contributed by atoms with Crippen molar-refractivity contribution in [2.24, 2.45) is 0 Å². The van der Waals surface area contributed by atoms with E-state index in [0.29, 0.717) is 17.6 Å². The standard InChI is InChI=1S/C51H36N4O/c1-3-13-32(14-4-1)33-21-23-34(24-22-33)48-52-49(35-25-26-39-38-17-7-10-20-46(38)56-47(39)29-35)54-50(53-48)55-44-19-9-6-16-37(44)41-30-40-36-15-5-8-18-42(36)51(27-11-2-12-28-51)43(40)31-45(41)55/h1,3-10,13-26,29-31H,2,11-12,27-28H2. The lowest BCUT2D eigenvalue weighted by atomic mass is 9.68. The van der Waals surface area contributed by atoms with E-state index >= 15 is 0 Å². The topological polar surface area (TPSA) is 56.7 Å². The maximum Gasteiger partial charge on any atom is 0.238 e. The molecule has 2 aliphatic carbocycles. The number of para-hydroxylation sites is 2. The second-order valence-corrected chi connectivity index (χ2v) is 15.5. The third-order valence-electron chi connectivity index (χ3n) is 12.5. The molecule has 3 heterocycles. The Morgan fingerprint density at radius 1 is 0.429 bits per heavy atom. The SMILES string of the molecule is c1ccc(-c2ccc(-c3nc(-c4ccc5c(c4)oc4ccccc45)nc(-n4c5ccccc5c5cc6c(cc54)C4(CCCCC4)c4ccccc4-6)n3)cc2)cc1. The van der Waals surface area contributed by atoms with Gasteiger partial charge in [-0.1, -0.05) is 141 Å². The molecular weight excluding hydrogens is 685 g/mol. The number of aromatic nitrogens is 4. The van der Waals surface area contributed by atoms with Crippen molar-refractivity contribution in [1.29, 1.82) is 0 Å². The first-order valence-electron chi connectivity index (χ1n) is 19.7. The average molecular weight is 721 g/mol. The molecule has 0 N–H and O–H groups in total. The molecule has 0 aliphatic heterocycles. The van der Waals surface area contributed by atoms with E-state index in [0.717, 1.165) is 49.7 Å². The van der Waals surface area contributed by atoms with Crippen LogP contribution in [0.3, 0.4) is 0 Å². The molecule has 7 aromatic carbocycles. The Bertz CT molecular complexity index is 3170. The first-order chi connectivity index (χ1) is 27.7. The number of rotatable bonds is 4. The molecular formula is C51H36N4O. The maximum atomic E-state index is 6.35. The summed E-state index contributed by atoms with van der Waals surface area (Å²) in [6, 6.07) is 56.2. The quantitative estimate of drug-likeness (QED) is 0.182. The molecule has 3 aromatic heterocycles. The summed E-state index contributed by atoms with van der Waals surface area (Å²) in [5.74, 6) is 1.82. The molecule has 10 aromatic rings. The van der Waals surface area contributed by atoms with Gasteiger partial charge in [-0.3, -0.25) is 4.57 Å². The summed E-state index contributed by atoms with van der Waals surface area (Å²) < 4.78 is 8.63. The van der Waals surface area contributed by atoms with Gasteiger partial charge in [-0.2, -0.15) is 9.97 Å². The number of hydrogen-bond donors (Lipinski definition) is 0. The summed E-state index contributed by atoms with van der Waals surface area (Å²) in [6.45, 7) is 0. The van der Waals surface area contributed by atoms with Crippen LogP contribution < -0.4 is 0 Å². The van der Waals surface area contributed by atoms with Crippen molar-refractivity contribution in [3.8, 4) is 51.0 Å².